The molecule has 1 spiro atoms. The quantitative estimate of drug-likeness (QED) is 0.125. The van der Waals surface area contributed by atoms with Crippen LogP contribution in [0, 0.1) is 35.0 Å². The van der Waals surface area contributed by atoms with Crippen molar-refractivity contribution in [1.29, 1.82) is 0 Å². The molecule has 3 N–H and O–H groups in total. The summed E-state index contributed by atoms with van der Waals surface area (Å²) in [6.45, 7) is 15.4. The van der Waals surface area contributed by atoms with Crippen molar-refractivity contribution in [1.82, 2.24) is 35.1 Å². The largest absolute Gasteiger partial charge is 0.453 e. The second kappa shape index (κ2) is 19.2. The Hall–Kier alpha value is -3.97. The number of carbonyl (C=O) groups is 3. The minimum absolute atomic E-state index is 0. The van der Waals surface area contributed by atoms with Crippen molar-refractivity contribution in [3.63, 3.8) is 0 Å². The fraction of sp³-hybridized carbons (Fsp3) is 0.452. The summed E-state index contributed by atoms with van der Waals surface area (Å²) in [6.07, 6.45) is 4.94. The van der Waals surface area contributed by atoms with Gasteiger partial charge in [-0.2, -0.15) is 54.0 Å². The topological polar surface area (TPSA) is 136 Å². The Bertz CT molecular complexity index is 2130. The molecule has 0 radical (unpaired) electrons. The van der Waals surface area contributed by atoms with Crippen molar-refractivity contribution in [3.05, 3.63) is 83.6 Å². The first-order valence-electron chi connectivity index (χ1n) is 18.6. The maximum atomic E-state index is 13.8. The number of rotatable bonds is 8. The van der Waals surface area contributed by atoms with Crippen LogP contribution >= 0.6 is 54.0 Å². The van der Waals surface area contributed by atoms with E-state index in [0.717, 1.165) is 69.9 Å². The van der Waals surface area contributed by atoms with Crippen molar-refractivity contribution in [2.24, 2.45) is 23.2 Å². The minimum atomic E-state index is -0.685. The van der Waals surface area contributed by atoms with E-state index < -0.39 is 12.1 Å². The molecule has 15 heteroatoms. The number of nitrogens with one attached hydrogen (secondary N) is 3. The van der Waals surface area contributed by atoms with Crippen LogP contribution in [0.3, 0.4) is 0 Å². The highest BCUT2D eigenvalue weighted by Gasteiger charge is 2.55. The van der Waals surface area contributed by atoms with Gasteiger partial charge in [-0.05, 0) is 78.8 Å². The lowest BCUT2D eigenvalue weighted by molar-refractivity contribution is -0.137. The summed E-state index contributed by atoms with van der Waals surface area (Å²) in [5.74, 6) is 8.22. The molecule has 2 aliphatic heterocycles. The van der Waals surface area contributed by atoms with Crippen LogP contribution in [0.5, 0.6) is 0 Å². The molecular weight excluding hydrogens is 795 g/mol. The van der Waals surface area contributed by atoms with Gasteiger partial charge in [0.15, 0.2) is 0 Å². The molecule has 4 atom stereocenters. The standard InChI is InChI=1S/C42H49N7O4.4H2S/c1-24(2)27(6)39(50)48-22-26(5)18-34(48)37-43-21-33(46-37)30-13-10-28(11-14-30)8-9-29-12-15-31-32(19-29)45-38(44-31)35-20-42(16-17-42)23-49(35)40(51)36(25(3)4)47-41(52)53-7;;;;/h10-15,19,21,24-25,27,34-36H,5,16-18,20,22-23H2,1-4,6-7H3,(H,43,46)(H,44,45)(H,47,52);4*1H2/t27-,34-,35-,36-;;;;/m0..../s1. The van der Waals surface area contributed by atoms with Crippen LogP contribution < -0.4 is 5.32 Å². The lowest BCUT2D eigenvalue weighted by Gasteiger charge is -2.30. The summed E-state index contributed by atoms with van der Waals surface area (Å²) in [7, 11) is 1.30. The fourth-order valence-corrected chi connectivity index (χ4v) is 7.57. The number of hydrogen-bond donors (Lipinski definition) is 3. The van der Waals surface area contributed by atoms with Gasteiger partial charge >= 0.3 is 6.09 Å². The number of benzene rings is 2. The summed E-state index contributed by atoms with van der Waals surface area (Å²) >= 11 is 0. The number of alkyl carbamates (subject to hydrolysis) is 1. The summed E-state index contributed by atoms with van der Waals surface area (Å²) in [5, 5.41) is 2.74. The zero-order valence-electron chi connectivity index (χ0n) is 33.5. The summed E-state index contributed by atoms with van der Waals surface area (Å²) in [5.41, 5.74) is 6.43. The number of nitrogens with zero attached hydrogens (tertiary/aromatic N) is 4. The van der Waals surface area contributed by atoms with E-state index in [9.17, 15) is 14.4 Å². The summed E-state index contributed by atoms with van der Waals surface area (Å²) in [4.78, 5) is 59.5. The highest BCUT2D eigenvalue weighted by atomic mass is 32.1. The van der Waals surface area contributed by atoms with Crippen LogP contribution in [0.4, 0.5) is 4.79 Å². The highest BCUT2D eigenvalue weighted by molar-refractivity contribution is 7.59. The molecule has 0 unspecified atom stereocenters. The van der Waals surface area contributed by atoms with Gasteiger partial charge in [0.25, 0.3) is 0 Å². The third-order valence-corrected chi connectivity index (χ3v) is 11.3. The van der Waals surface area contributed by atoms with Gasteiger partial charge in [-0.15, -0.1) is 0 Å². The number of aromatic amines is 2. The number of H-pyrrole nitrogens is 2. The lowest BCUT2D eigenvalue weighted by atomic mass is 9.96. The predicted molar refractivity (Wildman–Crippen MR) is 245 cm³/mol. The SMILES string of the molecule is C=C1C[C@@H](c2ncc(-c3ccc(C#Cc4ccc5nc([C@@H]6CC7(CC7)CN6C(=O)[C@@H](NC(=O)OC)C(C)C)[nH]c5c4)cc3)[nH]2)N(C(=O)[C@@H](C)C(C)C)C1.S.S.S.S. The zero-order valence-corrected chi connectivity index (χ0v) is 37.5. The first-order chi connectivity index (χ1) is 25.3. The van der Waals surface area contributed by atoms with E-state index in [0.29, 0.717) is 19.5 Å². The molecule has 1 aliphatic carbocycles. The smallest absolute Gasteiger partial charge is 0.407 e. The van der Waals surface area contributed by atoms with Gasteiger partial charge in [-0.25, -0.2) is 14.8 Å². The van der Waals surface area contributed by atoms with Crippen LogP contribution in [-0.4, -0.2) is 73.9 Å². The van der Waals surface area contributed by atoms with Crippen LogP contribution in [-0.2, 0) is 14.3 Å². The van der Waals surface area contributed by atoms with Crippen molar-refractivity contribution >= 4 is 82.9 Å². The van der Waals surface area contributed by atoms with E-state index in [1.807, 2.05) is 79.2 Å². The maximum absolute atomic E-state index is 13.8. The monoisotopic (exact) mass is 851 g/mol. The molecular formula is C42H57N7O4S4. The molecule has 3 fully saturated rings. The van der Waals surface area contributed by atoms with E-state index in [4.69, 9.17) is 9.72 Å². The number of likely N-dealkylation sites (tertiary alicyclic amines) is 2. The Kier molecular flexibility index (Phi) is 16.0. The number of ether oxygens (including phenoxy) is 1. The van der Waals surface area contributed by atoms with Gasteiger partial charge in [-0.3, -0.25) is 9.59 Å². The van der Waals surface area contributed by atoms with E-state index >= 15 is 0 Å². The highest BCUT2D eigenvalue weighted by Crippen LogP contribution is 2.58. The van der Waals surface area contributed by atoms with Crippen LogP contribution in [0.1, 0.15) is 95.2 Å². The predicted octanol–water partition coefficient (Wildman–Crippen LogP) is 7.36. The Morgan fingerprint density at radius 2 is 1.54 bits per heavy atom. The zero-order chi connectivity index (χ0) is 37.6. The molecule has 2 aromatic carbocycles. The Morgan fingerprint density at radius 3 is 2.18 bits per heavy atom. The molecule has 1 saturated carbocycles. The summed E-state index contributed by atoms with van der Waals surface area (Å²) in [6, 6.07) is 12.9. The van der Waals surface area contributed by atoms with E-state index in [-0.39, 0.29) is 101 Å². The minimum Gasteiger partial charge on any atom is -0.453 e. The second-order valence-corrected chi connectivity index (χ2v) is 15.9. The maximum Gasteiger partial charge on any atom is 0.407 e. The van der Waals surface area contributed by atoms with Crippen molar-refractivity contribution < 1.29 is 19.1 Å². The molecule has 11 nitrogen and oxygen atoms in total. The molecule has 3 amide bonds. The van der Waals surface area contributed by atoms with E-state index in [2.05, 4.69) is 52.5 Å². The Balaban J connectivity index is 0.00000218. The molecule has 308 valence electrons. The molecule has 7 rings (SSSR count). The van der Waals surface area contributed by atoms with Crippen LogP contribution in [0.2, 0.25) is 0 Å². The average molecular weight is 852 g/mol. The third-order valence-electron chi connectivity index (χ3n) is 11.3. The lowest BCUT2D eigenvalue weighted by Crippen LogP contribution is -2.51. The number of hydrogen-bond acceptors (Lipinski definition) is 6. The van der Waals surface area contributed by atoms with Gasteiger partial charge in [-0.1, -0.05) is 70.7 Å². The van der Waals surface area contributed by atoms with E-state index in [1.165, 1.54) is 7.11 Å². The first kappa shape index (κ1) is 47.4. The molecule has 2 saturated heterocycles. The Labute approximate surface area is 363 Å². The van der Waals surface area contributed by atoms with Crippen molar-refractivity contribution in [3.8, 4) is 23.1 Å². The number of aromatic nitrogens is 4. The van der Waals surface area contributed by atoms with Gasteiger partial charge in [0.1, 0.15) is 17.7 Å². The molecule has 2 aromatic heterocycles. The second-order valence-electron chi connectivity index (χ2n) is 15.9. The number of carbonyl (C=O) groups excluding carboxylic acids is 3. The number of fused-ring (bicyclic) bond motifs is 1. The molecule has 4 heterocycles. The number of amides is 3. The normalized spacial score (nSPS) is 18.8. The molecule has 4 aromatic rings. The van der Waals surface area contributed by atoms with Crippen molar-refractivity contribution in [2.45, 2.75) is 78.4 Å². The molecule has 0 bridgehead atoms. The van der Waals surface area contributed by atoms with Gasteiger partial charge < -0.3 is 29.8 Å². The third kappa shape index (κ3) is 10.0. The number of methoxy groups -OCH3 is 1. The van der Waals surface area contributed by atoms with Gasteiger partial charge in [0.2, 0.25) is 11.8 Å². The Morgan fingerprint density at radius 1 is 0.877 bits per heavy atom. The van der Waals surface area contributed by atoms with Crippen molar-refractivity contribution in [2.75, 3.05) is 20.2 Å². The molecule has 3 aliphatic rings. The van der Waals surface area contributed by atoms with Crippen LogP contribution in [0.15, 0.2) is 60.8 Å². The summed E-state index contributed by atoms with van der Waals surface area (Å²) < 4.78 is 4.80. The van der Waals surface area contributed by atoms with Gasteiger partial charge in [0, 0.05) is 30.1 Å². The fourth-order valence-electron chi connectivity index (χ4n) is 7.57. The number of imidazole rings is 2. The van der Waals surface area contributed by atoms with Crippen LogP contribution in [0.25, 0.3) is 22.3 Å². The molecule has 57 heavy (non-hydrogen) atoms. The average Bonchev–Trinajstić information content (AvgIpc) is 3.57. The van der Waals surface area contributed by atoms with E-state index in [1.54, 1.807) is 0 Å². The van der Waals surface area contributed by atoms with Gasteiger partial charge in [0.05, 0.1) is 42.1 Å². The first-order valence-corrected chi connectivity index (χ1v) is 18.6.